The lowest BCUT2D eigenvalue weighted by atomic mass is 9.67. The van der Waals surface area contributed by atoms with Crippen LogP contribution in [0.5, 0.6) is 0 Å². The van der Waals surface area contributed by atoms with Gasteiger partial charge in [0.05, 0.1) is 12.2 Å². The number of carbonyl (C=O) groups excluding carboxylic acids is 1. The minimum atomic E-state index is 0.299. The largest absolute Gasteiger partial charge is 0.352 e. The van der Waals surface area contributed by atoms with Gasteiger partial charge in [-0.15, -0.1) is 0 Å². The van der Waals surface area contributed by atoms with Crippen LogP contribution in [0.4, 0.5) is 0 Å². The van der Waals surface area contributed by atoms with Gasteiger partial charge in [-0.3, -0.25) is 4.79 Å². The number of amides is 1. The molecule has 1 amide bonds. The maximum absolute atomic E-state index is 12.7. The molecule has 1 aromatic heterocycles. The van der Waals surface area contributed by atoms with Gasteiger partial charge in [-0.2, -0.15) is 0 Å². The lowest BCUT2D eigenvalue weighted by Crippen LogP contribution is -2.29. The van der Waals surface area contributed by atoms with Crippen LogP contribution >= 0.6 is 0 Å². The molecule has 3 fully saturated rings. The topological polar surface area (TPSA) is 46.9 Å². The lowest BCUT2D eigenvalue weighted by molar-refractivity contribution is -0.124. The van der Waals surface area contributed by atoms with E-state index in [4.69, 9.17) is 0 Å². The molecule has 2 spiro atoms. The number of hydrogen-bond donors (Lipinski definition) is 1. The second-order valence-electron chi connectivity index (χ2n) is 7.81. The van der Waals surface area contributed by atoms with Crippen molar-refractivity contribution in [2.75, 3.05) is 0 Å². The smallest absolute Gasteiger partial charge is 0.224 e. The van der Waals surface area contributed by atoms with Crippen molar-refractivity contribution in [1.29, 1.82) is 0 Å². The number of aromatic nitrogens is 2. The van der Waals surface area contributed by atoms with Gasteiger partial charge >= 0.3 is 0 Å². The Labute approximate surface area is 142 Å². The van der Waals surface area contributed by atoms with E-state index < -0.39 is 0 Å². The van der Waals surface area contributed by atoms with Crippen molar-refractivity contribution in [3.8, 4) is 5.69 Å². The summed E-state index contributed by atoms with van der Waals surface area (Å²) < 4.78 is 1.98. The number of imidazole rings is 1. The average molecular weight is 321 g/mol. The van der Waals surface area contributed by atoms with Crippen LogP contribution in [0.25, 0.3) is 5.69 Å². The molecule has 1 N–H and O–H groups in total. The average Bonchev–Trinajstić information content (AvgIpc) is 2.89. The molecule has 1 aromatic carbocycles. The normalized spacial score (nSPS) is 22.8. The predicted octanol–water partition coefficient (Wildman–Crippen LogP) is 3.46. The van der Waals surface area contributed by atoms with Gasteiger partial charge in [0.2, 0.25) is 5.91 Å². The van der Waals surface area contributed by atoms with E-state index in [1.807, 2.05) is 10.8 Å². The molecule has 0 saturated heterocycles. The van der Waals surface area contributed by atoms with Gasteiger partial charge in [-0.05, 0) is 54.2 Å². The summed E-state index contributed by atoms with van der Waals surface area (Å²) in [6, 6.07) is 8.31. The highest BCUT2D eigenvalue weighted by Gasteiger charge is 2.81. The van der Waals surface area contributed by atoms with Crippen molar-refractivity contribution in [2.45, 2.75) is 45.1 Å². The number of benzene rings is 1. The third-order valence-electron chi connectivity index (χ3n) is 6.97. The van der Waals surface area contributed by atoms with Crippen molar-refractivity contribution in [2.24, 2.45) is 16.7 Å². The van der Waals surface area contributed by atoms with E-state index in [1.54, 1.807) is 12.5 Å². The zero-order chi connectivity index (χ0) is 16.2. The van der Waals surface area contributed by atoms with Crippen molar-refractivity contribution >= 4 is 5.91 Å². The number of fused-ring (bicyclic) bond motifs is 1. The first kappa shape index (κ1) is 14.3. The summed E-state index contributed by atoms with van der Waals surface area (Å²) in [6.07, 6.45) is 13.3. The highest BCUT2D eigenvalue weighted by Crippen LogP contribution is 2.84. The first-order valence-corrected chi connectivity index (χ1v) is 9.10. The van der Waals surface area contributed by atoms with Gasteiger partial charge in [0, 0.05) is 24.6 Å². The van der Waals surface area contributed by atoms with Gasteiger partial charge in [0.15, 0.2) is 0 Å². The summed E-state index contributed by atoms with van der Waals surface area (Å²) in [4.78, 5) is 16.8. The van der Waals surface area contributed by atoms with Crippen LogP contribution in [0.2, 0.25) is 0 Å². The second kappa shape index (κ2) is 4.95. The van der Waals surface area contributed by atoms with E-state index >= 15 is 0 Å². The molecule has 4 heteroatoms. The number of nitrogens with one attached hydrogen (secondary N) is 1. The van der Waals surface area contributed by atoms with Crippen LogP contribution in [-0.2, 0) is 11.3 Å². The van der Waals surface area contributed by atoms with Crippen molar-refractivity contribution in [3.05, 3.63) is 48.5 Å². The van der Waals surface area contributed by atoms with E-state index in [9.17, 15) is 4.79 Å². The van der Waals surface area contributed by atoms with E-state index in [0.717, 1.165) is 11.3 Å². The third-order valence-corrected chi connectivity index (χ3v) is 6.97. The summed E-state index contributed by atoms with van der Waals surface area (Å²) >= 11 is 0. The van der Waals surface area contributed by atoms with Crippen LogP contribution in [0, 0.1) is 16.7 Å². The molecule has 4 nitrogen and oxygen atoms in total. The Morgan fingerprint density at radius 1 is 1.12 bits per heavy atom. The minimum Gasteiger partial charge on any atom is -0.352 e. The van der Waals surface area contributed by atoms with Crippen LogP contribution in [0.15, 0.2) is 43.0 Å². The van der Waals surface area contributed by atoms with Crippen molar-refractivity contribution < 1.29 is 4.79 Å². The molecule has 3 aliphatic rings. The molecule has 0 bridgehead atoms. The molecular formula is C20H23N3O. The fourth-order valence-electron chi connectivity index (χ4n) is 5.42. The van der Waals surface area contributed by atoms with Crippen LogP contribution in [0.3, 0.4) is 0 Å². The standard InChI is InChI=1S/C20H23N3O/c24-18(17-19(7-1-8-19)20(17)9-2-10-20)22-13-15-3-5-16(6-4-15)23-12-11-21-14-23/h3-6,11-12,14,17H,1-2,7-10,13H2,(H,22,24). The lowest BCUT2D eigenvalue weighted by Gasteiger charge is -2.37. The maximum atomic E-state index is 12.7. The van der Waals surface area contributed by atoms with E-state index in [0.29, 0.717) is 29.2 Å². The molecule has 0 unspecified atom stereocenters. The second-order valence-corrected chi connectivity index (χ2v) is 7.81. The van der Waals surface area contributed by atoms with Gasteiger partial charge in [-0.25, -0.2) is 4.98 Å². The maximum Gasteiger partial charge on any atom is 0.224 e. The molecular weight excluding hydrogens is 298 g/mol. The van der Waals surface area contributed by atoms with Gasteiger partial charge < -0.3 is 9.88 Å². The summed E-state index contributed by atoms with van der Waals surface area (Å²) in [5.74, 6) is 0.603. The van der Waals surface area contributed by atoms with Gasteiger partial charge in [0.1, 0.15) is 0 Å². The Morgan fingerprint density at radius 3 is 2.29 bits per heavy atom. The molecule has 3 saturated carbocycles. The monoisotopic (exact) mass is 321 g/mol. The molecule has 5 rings (SSSR count). The fraction of sp³-hybridized carbons (Fsp3) is 0.500. The number of hydrogen-bond acceptors (Lipinski definition) is 2. The fourth-order valence-corrected chi connectivity index (χ4v) is 5.42. The molecule has 124 valence electrons. The van der Waals surface area contributed by atoms with Gasteiger partial charge in [0.25, 0.3) is 0 Å². The Bertz CT molecular complexity index is 735. The number of carbonyl (C=O) groups is 1. The predicted molar refractivity (Wildman–Crippen MR) is 91.5 cm³/mol. The summed E-state index contributed by atoms with van der Waals surface area (Å²) in [5.41, 5.74) is 3.05. The molecule has 0 aliphatic heterocycles. The summed E-state index contributed by atoms with van der Waals surface area (Å²) in [5, 5.41) is 3.20. The number of rotatable bonds is 4. The highest BCUT2D eigenvalue weighted by molar-refractivity contribution is 5.85. The van der Waals surface area contributed by atoms with E-state index in [1.165, 1.54) is 38.5 Å². The zero-order valence-electron chi connectivity index (χ0n) is 13.9. The van der Waals surface area contributed by atoms with Crippen LogP contribution in [0.1, 0.15) is 44.1 Å². The molecule has 3 aliphatic carbocycles. The SMILES string of the molecule is O=C(NCc1ccc(-n2ccnc2)cc1)C1C2(CCC2)C12CCC2. The van der Waals surface area contributed by atoms with Gasteiger partial charge in [-0.1, -0.05) is 25.0 Å². The molecule has 24 heavy (non-hydrogen) atoms. The molecule has 2 aromatic rings. The quantitative estimate of drug-likeness (QED) is 0.937. The number of nitrogens with zero attached hydrogens (tertiary/aromatic N) is 2. The molecule has 0 radical (unpaired) electrons. The minimum absolute atomic E-state index is 0.299. The molecule has 1 heterocycles. The summed E-state index contributed by atoms with van der Waals surface area (Å²) in [7, 11) is 0. The first-order chi connectivity index (χ1) is 11.8. The highest BCUT2D eigenvalue weighted by atomic mass is 16.2. The third kappa shape index (κ3) is 1.80. The first-order valence-electron chi connectivity index (χ1n) is 9.10. The van der Waals surface area contributed by atoms with Crippen molar-refractivity contribution in [3.63, 3.8) is 0 Å². The zero-order valence-corrected chi connectivity index (χ0v) is 13.9. The van der Waals surface area contributed by atoms with Crippen molar-refractivity contribution in [1.82, 2.24) is 14.9 Å². The molecule has 0 atom stereocenters. The Morgan fingerprint density at radius 2 is 1.79 bits per heavy atom. The van der Waals surface area contributed by atoms with Crippen LogP contribution in [-0.4, -0.2) is 15.5 Å². The van der Waals surface area contributed by atoms with Crippen LogP contribution < -0.4 is 5.32 Å². The van der Waals surface area contributed by atoms with E-state index in [2.05, 4.69) is 34.6 Å². The Hall–Kier alpha value is -2.10. The summed E-state index contributed by atoms with van der Waals surface area (Å²) in [6.45, 7) is 0.631. The Balaban J connectivity index is 1.23. The Kier molecular flexibility index (Phi) is 2.94. The van der Waals surface area contributed by atoms with E-state index in [-0.39, 0.29) is 0 Å².